The first-order chi connectivity index (χ1) is 25.6. The SMILES string of the molecule is CCN(CCNCCc1ccc(O)c2[nH]c(=O)sc12)C(=O)CCOCCc1cc(CN2CCC3(CC2)CN(C(=O)c2csc(C)n2)CCO3)ccc1Cl. The van der Waals surface area contributed by atoms with Gasteiger partial charge in [0, 0.05) is 56.2 Å². The molecule has 1 spiro atoms. The minimum absolute atomic E-state index is 0.00304. The summed E-state index contributed by atoms with van der Waals surface area (Å²) < 4.78 is 13.0. The summed E-state index contributed by atoms with van der Waals surface area (Å²) in [5.74, 6) is 0.133. The summed E-state index contributed by atoms with van der Waals surface area (Å²) in [6, 6.07) is 9.64. The summed E-state index contributed by atoms with van der Waals surface area (Å²) in [7, 11) is 0. The number of likely N-dealkylation sites (tertiary alicyclic amines) is 1. The highest BCUT2D eigenvalue weighted by atomic mass is 35.5. The lowest BCUT2D eigenvalue weighted by molar-refractivity contribution is -0.132. The van der Waals surface area contributed by atoms with Crippen molar-refractivity contribution in [2.75, 3.05) is 72.2 Å². The van der Waals surface area contributed by atoms with Crippen LogP contribution in [0, 0.1) is 6.92 Å². The van der Waals surface area contributed by atoms with Gasteiger partial charge in [0.1, 0.15) is 17.0 Å². The molecule has 15 heteroatoms. The summed E-state index contributed by atoms with van der Waals surface area (Å²) >= 11 is 9.18. The maximum atomic E-state index is 13.1. The third kappa shape index (κ3) is 10.2. The zero-order chi connectivity index (χ0) is 37.4. The standard InChI is InChI=1S/C38H49ClN6O6S2/c1-3-44(17-14-40-13-8-28-5-7-32(46)34-35(28)53-37(49)42-34)33(47)10-20-50-19-9-29-22-27(4-6-30(29)39)23-43-15-11-38(12-16-43)25-45(18-21-51-38)36(48)31-24-52-26(2)41-31/h4-7,22,24,40,46H,3,8-21,23,25H2,1-2H3,(H,42,49). The molecule has 2 saturated heterocycles. The van der Waals surface area contributed by atoms with Crippen LogP contribution in [0.4, 0.5) is 0 Å². The summed E-state index contributed by atoms with van der Waals surface area (Å²) in [6.07, 6.45) is 3.42. The van der Waals surface area contributed by atoms with E-state index in [1.165, 1.54) is 16.9 Å². The Morgan fingerprint density at radius 1 is 1.13 bits per heavy atom. The quantitative estimate of drug-likeness (QED) is 0.136. The van der Waals surface area contributed by atoms with Gasteiger partial charge in [-0.15, -0.1) is 11.3 Å². The summed E-state index contributed by atoms with van der Waals surface area (Å²) in [5, 5.41) is 16.8. The monoisotopic (exact) mass is 784 g/mol. The zero-order valence-electron chi connectivity index (χ0n) is 30.5. The summed E-state index contributed by atoms with van der Waals surface area (Å²) in [6.45, 7) is 11.6. The Morgan fingerprint density at radius 2 is 1.96 bits per heavy atom. The number of aromatic hydroxyl groups is 1. The van der Waals surface area contributed by atoms with Crippen molar-refractivity contribution in [1.29, 1.82) is 0 Å². The van der Waals surface area contributed by atoms with Gasteiger partial charge in [0.15, 0.2) is 0 Å². The summed E-state index contributed by atoms with van der Waals surface area (Å²) in [5.41, 5.74) is 3.94. The molecule has 3 N–H and O–H groups in total. The number of fused-ring (bicyclic) bond motifs is 1. The molecule has 2 aromatic heterocycles. The number of aromatic nitrogens is 2. The van der Waals surface area contributed by atoms with Crippen LogP contribution in [0.3, 0.4) is 0 Å². The number of hydrogen-bond donors (Lipinski definition) is 3. The molecule has 2 aromatic carbocycles. The first kappa shape index (κ1) is 39.3. The predicted molar refractivity (Wildman–Crippen MR) is 209 cm³/mol. The number of hydrogen-bond acceptors (Lipinski definition) is 11. The lowest BCUT2D eigenvalue weighted by Gasteiger charge is -2.47. The number of thiazole rings is 2. The number of halogens is 1. The second-order valence-corrected chi connectivity index (χ2v) is 16.2. The number of rotatable bonds is 16. The van der Waals surface area contributed by atoms with Gasteiger partial charge in [-0.3, -0.25) is 19.3 Å². The zero-order valence-corrected chi connectivity index (χ0v) is 32.8. The molecule has 0 atom stereocenters. The number of carbonyl (C=O) groups excluding carboxylic acids is 2. The first-order valence-corrected chi connectivity index (χ1v) is 20.5. The molecular weight excluding hydrogens is 736 g/mol. The van der Waals surface area contributed by atoms with E-state index in [0.717, 1.165) is 64.6 Å². The van der Waals surface area contributed by atoms with Crippen LogP contribution >= 0.6 is 34.3 Å². The fourth-order valence-corrected chi connectivity index (χ4v) is 8.83. The van der Waals surface area contributed by atoms with Crippen LogP contribution in [0.1, 0.15) is 58.4 Å². The van der Waals surface area contributed by atoms with Crippen LogP contribution in [-0.2, 0) is 33.7 Å². The molecule has 0 unspecified atom stereocenters. The van der Waals surface area contributed by atoms with E-state index in [1.807, 2.05) is 41.2 Å². The van der Waals surface area contributed by atoms with Crippen molar-refractivity contribution in [3.8, 4) is 5.75 Å². The number of nitrogens with zero attached hydrogens (tertiary/aromatic N) is 4. The first-order valence-electron chi connectivity index (χ1n) is 18.4. The van der Waals surface area contributed by atoms with Gasteiger partial charge in [0.05, 0.1) is 48.1 Å². The van der Waals surface area contributed by atoms with E-state index >= 15 is 0 Å². The Bertz CT molecular complexity index is 1920. The second kappa shape index (κ2) is 18.3. The molecule has 286 valence electrons. The number of aromatic amines is 1. The minimum atomic E-state index is -0.304. The number of benzene rings is 2. The number of piperidine rings is 1. The Morgan fingerprint density at radius 3 is 2.74 bits per heavy atom. The van der Waals surface area contributed by atoms with Crippen molar-refractivity contribution in [1.82, 2.24) is 30.0 Å². The molecule has 0 saturated carbocycles. The molecule has 2 amide bonds. The molecule has 12 nitrogen and oxygen atoms in total. The lowest BCUT2D eigenvalue weighted by Crippen LogP contribution is -2.58. The van der Waals surface area contributed by atoms with Crippen LogP contribution in [0.25, 0.3) is 10.2 Å². The number of phenolic OH excluding ortho intramolecular Hbond substituents is 1. The van der Waals surface area contributed by atoms with E-state index in [-0.39, 0.29) is 28.0 Å². The van der Waals surface area contributed by atoms with Crippen molar-refractivity contribution in [2.45, 2.75) is 58.1 Å². The maximum Gasteiger partial charge on any atom is 0.305 e. The maximum absolute atomic E-state index is 13.1. The van der Waals surface area contributed by atoms with Crippen LogP contribution < -0.4 is 10.2 Å². The molecular formula is C38H49ClN6O6S2. The van der Waals surface area contributed by atoms with Gasteiger partial charge >= 0.3 is 4.87 Å². The van der Waals surface area contributed by atoms with Crippen LogP contribution in [-0.4, -0.2) is 119 Å². The van der Waals surface area contributed by atoms with E-state index in [4.69, 9.17) is 21.1 Å². The molecule has 0 radical (unpaired) electrons. The van der Waals surface area contributed by atoms with Crippen molar-refractivity contribution in [3.05, 3.63) is 77.8 Å². The fraction of sp³-hybridized carbons (Fsp3) is 0.526. The molecule has 0 aliphatic carbocycles. The predicted octanol–water partition coefficient (Wildman–Crippen LogP) is 4.85. The van der Waals surface area contributed by atoms with Crippen LogP contribution in [0.5, 0.6) is 5.75 Å². The molecule has 4 heterocycles. The van der Waals surface area contributed by atoms with E-state index in [1.54, 1.807) is 6.07 Å². The van der Waals surface area contributed by atoms with Crippen molar-refractivity contribution < 1.29 is 24.2 Å². The Hall–Kier alpha value is -3.37. The second-order valence-electron chi connectivity index (χ2n) is 13.8. The largest absolute Gasteiger partial charge is 0.506 e. The number of amides is 2. The van der Waals surface area contributed by atoms with Gasteiger partial charge in [0.2, 0.25) is 5.91 Å². The number of phenols is 1. The Balaban J connectivity index is 0.873. The average Bonchev–Trinajstić information content (AvgIpc) is 3.78. The van der Waals surface area contributed by atoms with Gasteiger partial charge < -0.3 is 34.7 Å². The molecule has 2 fully saturated rings. The minimum Gasteiger partial charge on any atom is -0.506 e. The molecule has 6 rings (SSSR count). The third-order valence-electron chi connectivity index (χ3n) is 10.1. The highest BCUT2D eigenvalue weighted by molar-refractivity contribution is 7.16. The number of morpholine rings is 1. The third-order valence-corrected chi connectivity index (χ3v) is 12.2. The smallest absolute Gasteiger partial charge is 0.305 e. The molecule has 53 heavy (non-hydrogen) atoms. The van der Waals surface area contributed by atoms with Gasteiger partial charge in [-0.25, -0.2) is 4.98 Å². The molecule has 2 aliphatic rings. The highest BCUT2D eigenvalue weighted by Crippen LogP contribution is 2.32. The molecule has 4 aromatic rings. The van der Waals surface area contributed by atoms with Gasteiger partial charge in [-0.1, -0.05) is 41.1 Å². The van der Waals surface area contributed by atoms with Gasteiger partial charge in [-0.2, -0.15) is 0 Å². The van der Waals surface area contributed by atoms with Crippen LogP contribution in [0.15, 0.2) is 40.5 Å². The Labute approximate surface area is 323 Å². The number of nitrogens with one attached hydrogen (secondary N) is 2. The van der Waals surface area contributed by atoms with Crippen molar-refractivity contribution in [2.24, 2.45) is 0 Å². The molecule has 2 aliphatic heterocycles. The topological polar surface area (TPSA) is 140 Å². The Kier molecular flexibility index (Phi) is 13.6. The van der Waals surface area contributed by atoms with Gasteiger partial charge in [0.25, 0.3) is 5.91 Å². The average molecular weight is 785 g/mol. The number of carbonyl (C=O) groups is 2. The van der Waals surface area contributed by atoms with Crippen LogP contribution in [0.2, 0.25) is 5.02 Å². The highest BCUT2D eigenvalue weighted by Gasteiger charge is 2.41. The van der Waals surface area contributed by atoms with E-state index in [2.05, 4.69) is 32.3 Å². The number of aryl methyl sites for hydroxylation is 1. The number of likely N-dealkylation sites (N-methyl/N-ethyl adjacent to an activating group) is 1. The summed E-state index contributed by atoms with van der Waals surface area (Å²) in [4.78, 5) is 50.8. The number of ether oxygens (including phenoxy) is 2. The number of H-pyrrole nitrogens is 1. The fourth-order valence-electron chi connectivity index (χ4n) is 7.13. The van der Waals surface area contributed by atoms with E-state index in [0.29, 0.717) is 94.6 Å². The normalized spacial score (nSPS) is 16.1. The molecule has 0 bridgehead atoms. The van der Waals surface area contributed by atoms with Crippen molar-refractivity contribution in [3.63, 3.8) is 0 Å². The lowest BCUT2D eigenvalue weighted by atomic mass is 9.89. The van der Waals surface area contributed by atoms with Crippen molar-refractivity contribution >= 4 is 56.3 Å². The van der Waals surface area contributed by atoms with E-state index in [9.17, 15) is 19.5 Å². The van der Waals surface area contributed by atoms with E-state index < -0.39 is 0 Å². The van der Waals surface area contributed by atoms with Gasteiger partial charge in [-0.05, 0) is 74.9 Å².